The Bertz CT molecular complexity index is 523. The second-order valence-corrected chi connectivity index (χ2v) is 5.87. The van der Waals surface area contributed by atoms with Gasteiger partial charge in [0.25, 0.3) is 0 Å². The van der Waals surface area contributed by atoms with E-state index in [0.717, 1.165) is 33.9 Å². The molecule has 96 valence electrons. The Morgan fingerprint density at radius 2 is 2.17 bits per heavy atom. The molecule has 0 bridgehead atoms. The van der Waals surface area contributed by atoms with Crippen LogP contribution >= 0.6 is 27.3 Å². The predicted molar refractivity (Wildman–Crippen MR) is 81.3 cm³/mol. The highest BCUT2D eigenvalue weighted by Crippen LogP contribution is 2.31. The van der Waals surface area contributed by atoms with E-state index >= 15 is 0 Å². The van der Waals surface area contributed by atoms with Gasteiger partial charge in [0, 0.05) is 17.5 Å². The Morgan fingerprint density at radius 3 is 2.72 bits per heavy atom. The second-order valence-electron chi connectivity index (χ2n) is 4.29. The van der Waals surface area contributed by atoms with Crippen molar-refractivity contribution in [3.8, 4) is 11.4 Å². The van der Waals surface area contributed by atoms with Crippen LogP contribution in [0.3, 0.4) is 0 Å². The van der Waals surface area contributed by atoms with E-state index in [9.17, 15) is 0 Å². The van der Waals surface area contributed by atoms with Gasteiger partial charge >= 0.3 is 0 Å². The fourth-order valence-electron chi connectivity index (χ4n) is 1.65. The lowest BCUT2D eigenvalue weighted by atomic mass is 10.1. The van der Waals surface area contributed by atoms with E-state index in [-0.39, 0.29) is 0 Å². The highest BCUT2D eigenvalue weighted by molar-refractivity contribution is 9.10. The zero-order valence-electron chi connectivity index (χ0n) is 10.7. The van der Waals surface area contributed by atoms with Crippen LogP contribution in [0.1, 0.15) is 32.4 Å². The third kappa shape index (κ3) is 2.72. The average molecular weight is 326 g/mol. The van der Waals surface area contributed by atoms with Crippen LogP contribution in [-0.4, -0.2) is 16.5 Å². The van der Waals surface area contributed by atoms with Crippen LogP contribution in [0.4, 0.5) is 5.82 Å². The quantitative estimate of drug-likeness (QED) is 0.897. The summed E-state index contributed by atoms with van der Waals surface area (Å²) in [4.78, 5) is 9.25. The van der Waals surface area contributed by atoms with Crippen LogP contribution in [0, 0.1) is 0 Å². The highest BCUT2D eigenvalue weighted by Gasteiger charge is 2.15. The zero-order valence-corrected chi connectivity index (χ0v) is 13.1. The monoisotopic (exact) mass is 325 g/mol. The largest absolute Gasteiger partial charge is 0.369 e. The summed E-state index contributed by atoms with van der Waals surface area (Å²) in [6.07, 6.45) is 0. The summed E-state index contributed by atoms with van der Waals surface area (Å²) in [5.41, 5.74) is 2.12. The highest BCUT2D eigenvalue weighted by atomic mass is 79.9. The summed E-state index contributed by atoms with van der Waals surface area (Å²) in [5.74, 6) is 2.02. The number of thiophene rings is 1. The van der Waals surface area contributed by atoms with E-state index < -0.39 is 0 Å². The number of halogens is 1. The van der Waals surface area contributed by atoms with Crippen LogP contribution in [0.15, 0.2) is 21.3 Å². The van der Waals surface area contributed by atoms with Gasteiger partial charge in [-0.3, -0.25) is 0 Å². The molecular weight excluding hydrogens is 310 g/mol. The predicted octanol–water partition coefficient (Wildman–Crippen LogP) is 4.52. The maximum Gasteiger partial charge on any atom is 0.162 e. The summed E-state index contributed by atoms with van der Waals surface area (Å²) >= 11 is 5.26. The van der Waals surface area contributed by atoms with Gasteiger partial charge in [0.2, 0.25) is 0 Å². The first-order valence-electron chi connectivity index (χ1n) is 5.97. The molecule has 2 aromatic heterocycles. The Hall–Kier alpha value is -0.940. The first kappa shape index (κ1) is 13.5. The molecule has 0 aromatic carbocycles. The number of nitrogens with one attached hydrogen (secondary N) is 1. The molecule has 5 heteroatoms. The molecule has 0 saturated carbocycles. The fraction of sp³-hybridized carbons (Fsp3) is 0.385. The molecule has 0 saturated heterocycles. The van der Waals surface area contributed by atoms with Gasteiger partial charge in [-0.15, -0.1) is 0 Å². The Labute approximate surface area is 120 Å². The van der Waals surface area contributed by atoms with E-state index in [1.807, 2.05) is 11.4 Å². The van der Waals surface area contributed by atoms with E-state index in [2.05, 4.69) is 57.4 Å². The molecule has 0 radical (unpaired) electrons. The molecule has 0 fully saturated rings. The first-order valence-corrected chi connectivity index (χ1v) is 7.71. The lowest BCUT2D eigenvalue weighted by Gasteiger charge is -2.13. The van der Waals surface area contributed by atoms with Crippen molar-refractivity contribution in [2.45, 2.75) is 26.7 Å². The third-order valence-corrected chi connectivity index (χ3v) is 4.01. The van der Waals surface area contributed by atoms with Gasteiger partial charge in [-0.25, -0.2) is 9.97 Å². The van der Waals surface area contributed by atoms with E-state index in [0.29, 0.717) is 5.92 Å². The van der Waals surface area contributed by atoms with Crippen molar-refractivity contribution in [3.05, 3.63) is 27.0 Å². The summed E-state index contributed by atoms with van der Waals surface area (Å²) in [7, 11) is 0. The molecule has 0 atom stereocenters. The molecule has 1 N–H and O–H groups in total. The van der Waals surface area contributed by atoms with Crippen molar-refractivity contribution in [3.63, 3.8) is 0 Å². The molecule has 2 aromatic rings. The lowest BCUT2D eigenvalue weighted by molar-refractivity contribution is 0.809. The SMILES string of the molecule is CCNc1nc(-c2ccsc2)nc(C(C)C)c1Br. The standard InChI is InChI=1S/C13H16BrN3S/c1-4-15-13-10(14)11(8(2)3)16-12(17-13)9-5-6-18-7-9/h5-8H,4H2,1-3H3,(H,15,16,17). The summed E-state index contributed by atoms with van der Waals surface area (Å²) < 4.78 is 0.971. The Balaban J connectivity index is 2.55. The molecule has 0 unspecified atom stereocenters. The van der Waals surface area contributed by atoms with Gasteiger partial charge in [0.05, 0.1) is 10.2 Å². The van der Waals surface area contributed by atoms with Crippen molar-refractivity contribution in [2.24, 2.45) is 0 Å². The van der Waals surface area contributed by atoms with Crippen molar-refractivity contribution in [1.29, 1.82) is 0 Å². The van der Waals surface area contributed by atoms with Crippen LogP contribution in [0.2, 0.25) is 0 Å². The molecule has 0 spiro atoms. The van der Waals surface area contributed by atoms with E-state index in [1.54, 1.807) is 11.3 Å². The average Bonchev–Trinajstić information content (AvgIpc) is 2.85. The van der Waals surface area contributed by atoms with Gasteiger partial charge in [-0.2, -0.15) is 11.3 Å². The number of anilines is 1. The van der Waals surface area contributed by atoms with Crippen molar-refractivity contribution in [2.75, 3.05) is 11.9 Å². The molecule has 18 heavy (non-hydrogen) atoms. The molecule has 3 nitrogen and oxygen atoms in total. The van der Waals surface area contributed by atoms with Crippen molar-refractivity contribution < 1.29 is 0 Å². The minimum absolute atomic E-state index is 0.358. The molecule has 0 aliphatic carbocycles. The second kappa shape index (κ2) is 5.80. The number of hydrogen-bond acceptors (Lipinski definition) is 4. The van der Waals surface area contributed by atoms with Gasteiger partial charge in [0.15, 0.2) is 5.82 Å². The maximum absolute atomic E-state index is 4.67. The number of aromatic nitrogens is 2. The number of rotatable bonds is 4. The maximum atomic E-state index is 4.67. The van der Waals surface area contributed by atoms with Crippen molar-refractivity contribution >= 4 is 33.1 Å². The normalized spacial score (nSPS) is 10.9. The summed E-state index contributed by atoms with van der Waals surface area (Å²) in [5, 5.41) is 7.40. The topological polar surface area (TPSA) is 37.8 Å². The van der Waals surface area contributed by atoms with Gasteiger partial charge < -0.3 is 5.32 Å². The van der Waals surface area contributed by atoms with Crippen LogP contribution in [0.25, 0.3) is 11.4 Å². The smallest absolute Gasteiger partial charge is 0.162 e. The van der Waals surface area contributed by atoms with Crippen LogP contribution in [-0.2, 0) is 0 Å². The Kier molecular flexibility index (Phi) is 4.35. The minimum Gasteiger partial charge on any atom is -0.369 e. The molecule has 2 rings (SSSR count). The molecule has 0 aliphatic heterocycles. The molecule has 0 aliphatic rings. The van der Waals surface area contributed by atoms with Crippen LogP contribution in [0.5, 0.6) is 0 Å². The van der Waals surface area contributed by atoms with Crippen molar-refractivity contribution in [1.82, 2.24) is 9.97 Å². The minimum atomic E-state index is 0.358. The number of hydrogen-bond donors (Lipinski definition) is 1. The number of nitrogens with zero attached hydrogens (tertiary/aromatic N) is 2. The molecular formula is C13H16BrN3S. The lowest BCUT2D eigenvalue weighted by Crippen LogP contribution is -2.07. The summed E-state index contributed by atoms with van der Waals surface area (Å²) in [6.45, 7) is 7.19. The zero-order chi connectivity index (χ0) is 13.1. The first-order chi connectivity index (χ1) is 8.63. The Morgan fingerprint density at radius 1 is 1.39 bits per heavy atom. The molecule has 2 heterocycles. The van der Waals surface area contributed by atoms with Gasteiger partial charge in [-0.05, 0) is 40.2 Å². The van der Waals surface area contributed by atoms with Crippen LogP contribution < -0.4 is 5.32 Å². The van der Waals surface area contributed by atoms with Gasteiger partial charge in [0.1, 0.15) is 5.82 Å². The molecule has 0 amide bonds. The fourth-order valence-corrected chi connectivity index (χ4v) is 3.06. The van der Waals surface area contributed by atoms with Gasteiger partial charge in [-0.1, -0.05) is 13.8 Å². The summed E-state index contributed by atoms with van der Waals surface area (Å²) in [6, 6.07) is 2.05. The third-order valence-electron chi connectivity index (χ3n) is 2.55. The van der Waals surface area contributed by atoms with E-state index in [4.69, 9.17) is 0 Å². The van der Waals surface area contributed by atoms with E-state index in [1.165, 1.54) is 0 Å².